The maximum Gasteiger partial charge on any atom is 0.121 e. The average Bonchev–Trinajstić information content (AvgIpc) is 2.19. The molecule has 0 heterocycles. The Bertz CT molecular complexity index is 317. The smallest absolute Gasteiger partial charge is 0.121 e. The van der Waals surface area contributed by atoms with Crippen LogP contribution in [0.15, 0.2) is 18.2 Å². The van der Waals surface area contributed by atoms with Gasteiger partial charge < -0.3 is 15.3 Å². The standard InChI is InChI=1S/C9H10Cl2O3/c10-4-8(13)9(14)6-3-5(11)1-2-7(6)12/h1-3,8-9,12-14H,4H2. The molecule has 0 saturated carbocycles. The number of halogens is 2. The zero-order valence-corrected chi connectivity index (χ0v) is 8.70. The lowest BCUT2D eigenvalue weighted by atomic mass is 10.0. The highest BCUT2D eigenvalue weighted by Crippen LogP contribution is 2.29. The summed E-state index contributed by atoms with van der Waals surface area (Å²) in [6.45, 7) is 0. The van der Waals surface area contributed by atoms with Gasteiger partial charge in [0.2, 0.25) is 0 Å². The number of phenols is 1. The maximum absolute atomic E-state index is 9.54. The summed E-state index contributed by atoms with van der Waals surface area (Å²) in [7, 11) is 0. The molecule has 3 N–H and O–H groups in total. The molecule has 3 nitrogen and oxygen atoms in total. The minimum Gasteiger partial charge on any atom is -0.508 e. The first-order chi connectivity index (χ1) is 6.56. The van der Waals surface area contributed by atoms with Gasteiger partial charge in [-0.2, -0.15) is 0 Å². The molecule has 1 aromatic carbocycles. The lowest BCUT2D eigenvalue weighted by Crippen LogP contribution is -2.19. The molecule has 0 radical (unpaired) electrons. The van der Waals surface area contributed by atoms with Gasteiger partial charge in [0, 0.05) is 10.6 Å². The first-order valence-electron chi connectivity index (χ1n) is 3.96. The van der Waals surface area contributed by atoms with Crippen LogP contribution in [-0.4, -0.2) is 27.3 Å². The average molecular weight is 237 g/mol. The molecule has 78 valence electrons. The minimum absolute atomic E-state index is 0.118. The van der Waals surface area contributed by atoms with Crippen molar-refractivity contribution >= 4 is 23.2 Å². The molecule has 0 aromatic heterocycles. The summed E-state index contributed by atoms with van der Waals surface area (Å²) >= 11 is 11.0. The van der Waals surface area contributed by atoms with Crippen LogP contribution in [0.3, 0.4) is 0 Å². The molecule has 0 amide bonds. The summed E-state index contributed by atoms with van der Waals surface area (Å²) in [5.74, 6) is -0.237. The quantitative estimate of drug-likeness (QED) is 0.701. The van der Waals surface area contributed by atoms with Gasteiger partial charge in [-0.25, -0.2) is 0 Å². The molecule has 0 aliphatic heterocycles. The number of benzene rings is 1. The van der Waals surface area contributed by atoms with E-state index in [9.17, 15) is 15.3 Å². The van der Waals surface area contributed by atoms with E-state index >= 15 is 0 Å². The van der Waals surface area contributed by atoms with Crippen molar-refractivity contribution in [2.24, 2.45) is 0 Å². The van der Waals surface area contributed by atoms with Crippen LogP contribution in [0.25, 0.3) is 0 Å². The van der Waals surface area contributed by atoms with Gasteiger partial charge in [0.05, 0.1) is 12.0 Å². The number of aliphatic hydroxyl groups excluding tert-OH is 2. The van der Waals surface area contributed by atoms with Gasteiger partial charge >= 0.3 is 0 Å². The van der Waals surface area contributed by atoms with Crippen molar-refractivity contribution in [3.8, 4) is 5.75 Å². The summed E-state index contributed by atoms with van der Waals surface area (Å²) in [6, 6.07) is 4.22. The molecule has 5 heteroatoms. The second-order valence-corrected chi connectivity index (χ2v) is 3.61. The Balaban J connectivity index is 2.99. The maximum atomic E-state index is 9.54. The number of aromatic hydroxyl groups is 1. The molecule has 0 fully saturated rings. The molecular formula is C9H10Cl2O3. The third-order valence-corrected chi connectivity index (χ3v) is 2.38. The number of rotatable bonds is 3. The summed E-state index contributed by atoms with van der Waals surface area (Å²) < 4.78 is 0. The second-order valence-electron chi connectivity index (χ2n) is 2.87. The molecule has 0 aliphatic rings. The summed E-state index contributed by atoms with van der Waals surface area (Å²) in [5.41, 5.74) is 0.172. The first kappa shape index (κ1) is 11.6. The van der Waals surface area contributed by atoms with Crippen LogP contribution in [0.1, 0.15) is 11.7 Å². The Morgan fingerprint density at radius 3 is 2.50 bits per heavy atom. The fourth-order valence-corrected chi connectivity index (χ4v) is 1.40. The summed E-state index contributed by atoms with van der Waals surface area (Å²) in [6.07, 6.45) is -2.35. The highest BCUT2D eigenvalue weighted by atomic mass is 35.5. The molecule has 14 heavy (non-hydrogen) atoms. The van der Waals surface area contributed by atoms with Crippen LogP contribution >= 0.6 is 23.2 Å². The predicted octanol–water partition coefficient (Wildman–Crippen LogP) is 1.68. The predicted molar refractivity (Wildman–Crippen MR) is 54.8 cm³/mol. The minimum atomic E-state index is -1.23. The van der Waals surface area contributed by atoms with Crippen LogP contribution in [0.5, 0.6) is 5.75 Å². The van der Waals surface area contributed by atoms with Crippen molar-refractivity contribution < 1.29 is 15.3 Å². The molecule has 0 spiro atoms. The van der Waals surface area contributed by atoms with E-state index in [-0.39, 0.29) is 17.2 Å². The van der Waals surface area contributed by atoms with Crippen LogP contribution in [0.2, 0.25) is 5.02 Å². The first-order valence-corrected chi connectivity index (χ1v) is 4.88. The van der Waals surface area contributed by atoms with E-state index in [0.717, 1.165) is 0 Å². The summed E-state index contributed by atoms with van der Waals surface area (Å²) in [4.78, 5) is 0. The van der Waals surface area contributed by atoms with Crippen LogP contribution in [-0.2, 0) is 0 Å². The van der Waals surface area contributed by atoms with E-state index in [1.165, 1.54) is 18.2 Å². The topological polar surface area (TPSA) is 60.7 Å². The zero-order valence-electron chi connectivity index (χ0n) is 7.19. The van der Waals surface area contributed by atoms with Gasteiger partial charge in [-0.15, -0.1) is 11.6 Å². The van der Waals surface area contributed by atoms with Crippen LogP contribution in [0.4, 0.5) is 0 Å². The lowest BCUT2D eigenvalue weighted by molar-refractivity contribution is 0.0312. The third-order valence-electron chi connectivity index (χ3n) is 1.83. The molecule has 2 unspecified atom stereocenters. The highest BCUT2D eigenvalue weighted by molar-refractivity contribution is 6.30. The van der Waals surface area contributed by atoms with E-state index in [0.29, 0.717) is 5.02 Å². The number of hydrogen-bond acceptors (Lipinski definition) is 3. The van der Waals surface area contributed by atoms with Crippen molar-refractivity contribution in [2.75, 3.05) is 5.88 Å². The number of hydrogen-bond donors (Lipinski definition) is 3. The van der Waals surface area contributed by atoms with Crippen LogP contribution in [0, 0.1) is 0 Å². The molecule has 2 atom stereocenters. The van der Waals surface area contributed by atoms with E-state index < -0.39 is 12.2 Å². The van der Waals surface area contributed by atoms with Gasteiger partial charge in [0.25, 0.3) is 0 Å². The molecular weight excluding hydrogens is 227 g/mol. The molecule has 0 bridgehead atoms. The van der Waals surface area contributed by atoms with Crippen LogP contribution < -0.4 is 0 Å². The number of phenolic OH excluding ortho intramolecular Hbond substituents is 1. The zero-order chi connectivity index (χ0) is 10.7. The van der Waals surface area contributed by atoms with E-state index in [4.69, 9.17) is 23.2 Å². The third kappa shape index (κ3) is 2.51. The van der Waals surface area contributed by atoms with Gasteiger partial charge in [-0.1, -0.05) is 11.6 Å². The molecule has 1 rings (SSSR count). The fraction of sp³-hybridized carbons (Fsp3) is 0.333. The molecule has 1 aromatic rings. The number of aliphatic hydroxyl groups is 2. The van der Waals surface area contributed by atoms with E-state index in [2.05, 4.69) is 0 Å². The van der Waals surface area contributed by atoms with Gasteiger partial charge in [-0.05, 0) is 18.2 Å². The lowest BCUT2D eigenvalue weighted by Gasteiger charge is -2.16. The summed E-state index contributed by atoms with van der Waals surface area (Å²) in [5, 5.41) is 28.6. The van der Waals surface area contributed by atoms with Gasteiger partial charge in [-0.3, -0.25) is 0 Å². The van der Waals surface area contributed by atoms with Crippen molar-refractivity contribution in [2.45, 2.75) is 12.2 Å². The van der Waals surface area contributed by atoms with E-state index in [1.54, 1.807) is 0 Å². The fourth-order valence-electron chi connectivity index (χ4n) is 1.05. The Kier molecular flexibility index (Phi) is 4.01. The Morgan fingerprint density at radius 1 is 1.29 bits per heavy atom. The molecule has 0 aliphatic carbocycles. The normalized spacial score (nSPS) is 15.1. The Labute approximate surface area is 91.5 Å². The monoisotopic (exact) mass is 236 g/mol. The Hall–Kier alpha value is -0.480. The highest BCUT2D eigenvalue weighted by Gasteiger charge is 2.20. The van der Waals surface area contributed by atoms with Gasteiger partial charge in [0.1, 0.15) is 11.9 Å². The second kappa shape index (κ2) is 4.84. The van der Waals surface area contributed by atoms with Crippen molar-refractivity contribution in [3.63, 3.8) is 0 Å². The Morgan fingerprint density at radius 2 is 1.93 bits per heavy atom. The van der Waals surface area contributed by atoms with Gasteiger partial charge in [0.15, 0.2) is 0 Å². The van der Waals surface area contributed by atoms with Crippen molar-refractivity contribution in [1.29, 1.82) is 0 Å². The van der Waals surface area contributed by atoms with Crippen molar-refractivity contribution in [1.82, 2.24) is 0 Å². The van der Waals surface area contributed by atoms with Crippen molar-refractivity contribution in [3.05, 3.63) is 28.8 Å². The van der Waals surface area contributed by atoms with E-state index in [1.807, 2.05) is 0 Å². The largest absolute Gasteiger partial charge is 0.508 e. The SMILES string of the molecule is Oc1ccc(Cl)cc1C(O)C(O)CCl. The molecule has 0 saturated heterocycles. The number of alkyl halides is 1.